The molecule has 106 valence electrons. The third-order valence-corrected chi connectivity index (χ3v) is 3.89. The Morgan fingerprint density at radius 1 is 1.14 bits per heavy atom. The zero-order valence-electron chi connectivity index (χ0n) is 10.8. The molecule has 0 unspecified atom stereocenters. The molecule has 3 nitrogen and oxygen atoms in total. The molecule has 0 N–H and O–H groups in total. The number of hydrogen-bond acceptors (Lipinski definition) is 3. The zero-order chi connectivity index (χ0) is 14.8. The van der Waals surface area contributed by atoms with E-state index in [1.165, 1.54) is 6.07 Å². The predicted octanol–water partition coefficient (Wildman–Crippen LogP) is 4.63. The first-order valence-electron chi connectivity index (χ1n) is 6.22. The van der Waals surface area contributed by atoms with E-state index in [4.69, 9.17) is 20.8 Å². The van der Waals surface area contributed by atoms with E-state index in [2.05, 4.69) is 22.6 Å². The molecule has 0 aliphatic carbocycles. The zero-order valence-corrected chi connectivity index (χ0v) is 13.7. The minimum absolute atomic E-state index is 0.295. The van der Waals surface area contributed by atoms with E-state index in [1.54, 1.807) is 12.1 Å². The molecule has 0 aliphatic rings. The van der Waals surface area contributed by atoms with Crippen LogP contribution >= 0.6 is 34.2 Å². The molecule has 0 saturated heterocycles. The van der Waals surface area contributed by atoms with E-state index in [9.17, 15) is 4.79 Å². The largest absolute Gasteiger partial charge is 0.489 e. The number of hydrogen-bond donors (Lipinski definition) is 0. The van der Waals surface area contributed by atoms with Gasteiger partial charge in [0.2, 0.25) is 0 Å². The molecule has 1 aromatic heterocycles. The van der Waals surface area contributed by atoms with Gasteiger partial charge in [-0.3, -0.25) is 0 Å². The Bertz CT molecular complexity index is 858. The molecule has 0 fully saturated rings. The SMILES string of the molecule is O=c1cc(COc2cccc(I)c2)c2ccc(Cl)cc2o1. The first-order valence-corrected chi connectivity index (χ1v) is 7.68. The van der Waals surface area contributed by atoms with Gasteiger partial charge >= 0.3 is 5.63 Å². The molecule has 0 amide bonds. The van der Waals surface area contributed by atoms with Crippen LogP contribution in [0.4, 0.5) is 0 Å². The molecule has 0 aliphatic heterocycles. The molecular weight excluding hydrogens is 403 g/mol. The standard InChI is InChI=1S/C16H10ClIO3/c17-11-4-5-14-10(6-16(19)21-15(14)7-11)9-20-13-3-1-2-12(18)8-13/h1-8H,9H2. The van der Waals surface area contributed by atoms with Gasteiger partial charge in [-0.15, -0.1) is 0 Å². The molecule has 0 spiro atoms. The highest BCUT2D eigenvalue weighted by Crippen LogP contribution is 2.23. The Labute approximate surface area is 139 Å². The van der Waals surface area contributed by atoms with Gasteiger partial charge in [-0.1, -0.05) is 17.7 Å². The van der Waals surface area contributed by atoms with Crippen molar-refractivity contribution in [1.29, 1.82) is 0 Å². The predicted molar refractivity (Wildman–Crippen MR) is 91.0 cm³/mol. The second kappa shape index (κ2) is 6.07. The van der Waals surface area contributed by atoms with Gasteiger partial charge < -0.3 is 9.15 Å². The summed E-state index contributed by atoms with van der Waals surface area (Å²) in [6.07, 6.45) is 0. The van der Waals surface area contributed by atoms with Gasteiger partial charge in [-0.05, 0) is 52.9 Å². The van der Waals surface area contributed by atoms with Gasteiger partial charge in [0.25, 0.3) is 0 Å². The van der Waals surface area contributed by atoms with E-state index >= 15 is 0 Å². The van der Waals surface area contributed by atoms with Gasteiger partial charge in [0, 0.05) is 31.7 Å². The average molecular weight is 413 g/mol. The summed E-state index contributed by atoms with van der Waals surface area (Å²) in [5.41, 5.74) is 0.832. The highest BCUT2D eigenvalue weighted by Gasteiger charge is 2.07. The second-order valence-corrected chi connectivity index (χ2v) is 6.16. The van der Waals surface area contributed by atoms with Crippen LogP contribution in [0.25, 0.3) is 11.0 Å². The second-order valence-electron chi connectivity index (χ2n) is 4.48. The lowest BCUT2D eigenvalue weighted by Crippen LogP contribution is -2.04. The Kier molecular flexibility index (Phi) is 4.17. The van der Waals surface area contributed by atoms with E-state index in [-0.39, 0.29) is 0 Å². The third kappa shape index (κ3) is 3.39. The maximum Gasteiger partial charge on any atom is 0.336 e. The van der Waals surface area contributed by atoms with E-state index < -0.39 is 5.63 Å². The topological polar surface area (TPSA) is 39.4 Å². The Morgan fingerprint density at radius 3 is 2.81 bits per heavy atom. The monoisotopic (exact) mass is 412 g/mol. The minimum Gasteiger partial charge on any atom is -0.489 e. The maximum absolute atomic E-state index is 11.6. The molecule has 0 atom stereocenters. The molecule has 0 bridgehead atoms. The molecule has 0 saturated carbocycles. The Hall–Kier alpha value is -1.53. The number of halogens is 2. The van der Waals surface area contributed by atoms with Crippen molar-refractivity contribution in [3.8, 4) is 5.75 Å². The normalized spacial score (nSPS) is 10.8. The summed E-state index contributed by atoms with van der Waals surface area (Å²) in [5.74, 6) is 0.761. The summed E-state index contributed by atoms with van der Waals surface area (Å²) >= 11 is 8.14. The summed E-state index contributed by atoms with van der Waals surface area (Å²) in [7, 11) is 0. The summed E-state index contributed by atoms with van der Waals surface area (Å²) in [6.45, 7) is 0.295. The van der Waals surface area contributed by atoms with E-state index in [1.807, 2.05) is 30.3 Å². The van der Waals surface area contributed by atoms with Crippen LogP contribution in [0.3, 0.4) is 0 Å². The van der Waals surface area contributed by atoms with Crippen LogP contribution in [-0.4, -0.2) is 0 Å². The first kappa shape index (κ1) is 14.4. The van der Waals surface area contributed by atoms with Crippen molar-refractivity contribution in [2.75, 3.05) is 0 Å². The summed E-state index contributed by atoms with van der Waals surface area (Å²) in [4.78, 5) is 11.6. The lowest BCUT2D eigenvalue weighted by atomic mass is 10.1. The highest BCUT2D eigenvalue weighted by molar-refractivity contribution is 14.1. The van der Waals surface area contributed by atoms with Crippen molar-refractivity contribution in [1.82, 2.24) is 0 Å². The lowest BCUT2D eigenvalue weighted by Gasteiger charge is -2.08. The molecule has 21 heavy (non-hydrogen) atoms. The maximum atomic E-state index is 11.6. The number of rotatable bonds is 3. The van der Waals surface area contributed by atoms with Crippen molar-refractivity contribution < 1.29 is 9.15 Å². The third-order valence-electron chi connectivity index (χ3n) is 2.98. The highest BCUT2D eigenvalue weighted by atomic mass is 127. The van der Waals surface area contributed by atoms with Crippen LogP contribution in [0, 0.1) is 3.57 Å². The molecule has 2 aromatic carbocycles. The van der Waals surface area contributed by atoms with Crippen LogP contribution < -0.4 is 10.4 Å². The fraction of sp³-hybridized carbons (Fsp3) is 0.0625. The van der Waals surface area contributed by atoms with Gasteiger partial charge in [0.05, 0.1) is 0 Å². The number of ether oxygens (including phenoxy) is 1. The van der Waals surface area contributed by atoms with Crippen molar-refractivity contribution in [2.24, 2.45) is 0 Å². The summed E-state index contributed by atoms with van der Waals surface area (Å²) in [6, 6.07) is 14.4. The van der Waals surface area contributed by atoms with Crippen LogP contribution in [-0.2, 0) is 6.61 Å². The van der Waals surface area contributed by atoms with E-state index in [0.29, 0.717) is 17.2 Å². The van der Waals surface area contributed by atoms with Crippen LogP contribution in [0.2, 0.25) is 5.02 Å². The van der Waals surface area contributed by atoms with Gasteiger partial charge in [-0.25, -0.2) is 4.79 Å². The van der Waals surface area contributed by atoms with Gasteiger partial charge in [-0.2, -0.15) is 0 Å². The number of benzene rings is 2. The number of fused-ring (bicyclic) bond motifs is 1. The summed E-state index contributed by atoms with van der Waals surface area (Å²) in [5, 5.41) is 1.35. The molecule has 3 rings (SSSR count). The van der Waals surface area contributed by atoms with E-state index in [0.717, 1.165) is 20.3 Å². The Balaban J connectivity index is 1.95. The van der Waals surface area contributed by atoms with Crippen molar-refractivity contribution in [3.63, 3.8) is 0 Å². The fourth-order valence-electron chi connectivity index (χ4n) is 2.04. The van der Waals surface area contributed by atoms with Gasteiger partial charge in [0.15, 0.2) is 0 Å². The first-order chi connectivity index (χ1) is 10.1. The van der Waals surface area contributed by atoms with Crippen LogP contribution in [0.1, 0.15) is 5.56 Å². The van der Waals surface area contributed by atoms with Crippen molar-refractivity contribution in [2.45, 2.75) is 6.61 Å². The molecule has 0 radical (unpaired) electrons. The molecule has 3 aromatic rings. The molecule has 5 heteroatoms. The van der Waals surface area contributed by atoms with Crippen LogP contribution in [0.15, 0.2) is 57.7 Å². The smallest absolute Gasteiger partial charge is 0.336 e. The summed E-state index contributed by atoms with van der Waals surface area (Å²) < 4.78 is 12.0. The Morgan fingerprint density at radius 2 is 2.00 bits per heavy atom. The van der Waals surface area contributed by atoms with Gasteiger partial charge in [0.1, 0.15) is 17.9 Å². The molecule has 1 heterocycles. The lowest BCUT2D eigenvalue weighted by molar-refractivity contribution is 0.306. The van der Waals surface area contributed by atoms with Crippen molar-refractivity contribution in [3.05, 3.63) is 73.1 Å². The average Bonchev–Trinajstić information content (AvgIpc) is 2.44. The van der Waals surface area contributed by atoms with Crippen molar-refractivity contribution >= 4 is 45.2 Å². The fourth-order valence-corrected chi connectivity index (χ4v) is 2.72. The molecular formula is C16H10ClIO3. The minimum atomic E-state index is -0.411. The van der Waals surface area contributed by atoms with Crippen LogP contribution in [0.5, 0.6) is 5.75 Å². The quantitative estimate of drug-likeness (QED) is 0.465.